The molecular weight excluding hydrogens is 514 g/mol. The van der Waals surface area contributed by atoms with E-state index in [0.29, 0.717) is 32.9 Å². The standard InChI is InChI=1S/C27H18ClN3O7/c1-2-27(38-25(33)14-6-8-16(28)9-7-14)19-11-22-23-15(12-30(22)24(32)18(19)13-37-26(27)34)10-17-20(29-23)4-3-5-21(17)31(35)36/h3-11H,2,12-13H2,1H3/t27-/m0/s1. The highest BCUT2D eigenvalue weighted by Crippen LogP contribution is 2.41. The molecule has 2 aliphatic heterocycles. The van der Waals surface area contributed by atoms with Crippen molar-refractivity contribution >= 4 is 40.1 Å². The number of aromatic nitrogens is 2. The summed E-state index contributed by atoms with van der Waals surface area (Å²) in [4.78, 5) is 55.5. The number of nitro groups is 1. The molecule has 0 saturated heterocycles. The van der Waals surface area contributed by atoms with Crippen molar-refractivity contribution in [3.05, 3.63) is 102 Å². The van der Waals surface area contributed by atoms with E-state index in [0.717, 1.165) is 0 Å². The van der Waals surface area contributed by atoms with Gasteiger partial charge in [0, 0.05) is 22.2 Å². The zero-order valence-corrected chi connectivity index (χ0v) is 20.7. The molecule has 0 fully saturated rings. The van der Waals surface area contributed by atoms with Crippen molar-refractivity contribution in [2.45, 2.75) is 32.1 Å². The number of carbonyl (C=O) groups is 2. The van der Waals surface area contributed by atoms with Crippen molar-refractivity contribution in [1.29, 1.82) is 0 Å². The Kier molecular flexibility index (Phi) is 5.32. The van der Waals surface area contributed by atoms with Crippen LogP contribution < -0.4 is 5.56 Å². The van der Waals surface area contributed by atoms with Crippen molar-refractivity contribution in [3.8, 4) is 11.4 Å². The number of hydrogen-bond donors (Lipinski definition) is 0. The van der Waals surface area contributed by atoms with E-state index < -0.39 is 28.0 Å². The molecule has 0 amide bonds. The van der Waals surface area contributed by atoms with Crippen molar-refractivity contribution in [2.75, 3.05) is 0 Å². The summed E-state index contributed by atoms with van der Waals surface area (Å²) < 4.78 is 12.6. The summed E-state index contributed by atoms with van der Waals surface area (Å²) in [6, 6.07) is 13.9. The van der Waals surface area contributed by atoms with Crippen molar-refractivity contribution < 1.29 is 24.0 Å². The minimum atomic E-state index is -1.85. The van der Waals surface area contributed by atoms with E-state index in [2.05, 4.69) is 4.98 Å². The van der Waals surface area contributed by atoms with Crippen LogP contribution in [0.3, 0.4) is 0 Å². The molecule has 0 spiro atoms. The number of cyclic esters (lactones) is 1. The molecule has 0 aliphatic carbocycles. The lowest BCUT2D eigenvalue weighted by molar-refractivity contribution is -0.383. The van der Waals surface area contributed by atoms with Crippen LogP contribution >= 0.6 is 11.6 Å². The lowest BCUT2D eigenvalue weighted by Crippen LogP contribution is -2.47. The molecule has 2 aromatic heterocycles. The van der Waals surface area contributed by atoms with Gasteiger partial charge in [0.1, 0.15) is 6.61 Å². The second-order valence-corrected chi connectivity index (χ2v) is 9.50. The van der Waals surface area contributed by atoms with Crippen LogP contribution in [-0.2, 0) is 33.0 Å². The summed E-state index contributed by atoms with van der Waals surface area (Å²) >= 11 is 5.92. The number of non-ortho nitro benzene ring substituents is 1. The minimum Gasteiger partial charge on any atom is -0.457 e. The first-order chi connectivity index (χ1) is 18.2. The minimum absolute atomic E-state index is 0.0191. The number of halogens is 1. The summed E-state index contributed by atoms with van der Waals surface area (Å²) in [5.41, 5.74) is 0.174. The van der Waals surface area contributed by atoms with Crippen molar-refractivity contribution in [1.82, 2.24) is 9.55 Å². The van der Waals surface area contributed by atoms with Gasteiger partial charge in [-0.15, -0.1) is 0 Å². The number of nitro benzene ring substituents is 1. The molecule has 0 unspecified atom stereocenters. The molecule has 0 N–H and O–H groups in total. The first kappa shape index (κ1) is 23.8. The summed E-state index contributed by atoms with van der Waals surface area (Å²) in [7, 11) is 0. The molecule has 2 aromatic carbocycles. The number of benzene rings is 2. The molecule has 0 radical (unpaired) electrons. The lowest BCUT2D eigenvalue weighted by Gasteiger charge is -2.35. The van der Waals surface area contributed by atoms with Gasteiger partial charge < -0.3 is 14.0 Å². The molecule has 38 heavy (non-hydrogen) atoms. The van der Waals surface area contributed by atoms with Crippen molar-refractivity contribution in [3.63, 3.8) is 0 Å². The van der Waals surface area contributed by atoms with Crippen LogP contribution in [0.2, 0.25) is 5.02 Å². The van der Waals surface area contributed by atoms with Gasteiger partial charge in [-0.2, -0.15) is 0 Å². The third-order valence-electron chi connectivity index (χ3n) is 7.04. The molecule has 0 saturated carbocycles. The highest BCUT2D eigenvalue weighted by atomic mass is 35.5. The maximum atomic E-state index is 13.6. The molecule has 11 heteroatoms. The van der Waals surface area contributed by atoms with Crippen LogP contribution in [-0.4, -0.2) is 26.4 Å². The van der Waals surface area contributed by atoms with Gasteiger partial charge in [0.05, 0.1) is 44.9 Å². The van der Waals surface area contributed by atoms with Crippen molar-refractivity contribution in [2.24, 2.45) is 0 Å². The Balaban J connectivity index is 1.52. The molecule has 6 rings (SSSR count). The first-order valence-electron chi connectivity index (χ1n) is 11.7. The van der Waals surface area contributed by atoms with E-state index in [1.54, 1.807) is 31.2 Å². The topological polar surface area (TPSA) is 131 Å². The number of nitrogens with zero attached hydrogens (tertiary/aromatic N) is 3. The van der Waals surface area contributed by atoms with Crippen LogP contribution in [0.5, 0.6) is 0 Å². The molecule has 0 bridgehead atoms. The van der Waals surface area contributed by atoms with E-state index >= 15 is 0 Å². The highest BCUT2D eigenvalue weighted by molar-refractivity contribution is 6.30. The molecule has 10 nitrogen and oxygen atoms in total. The Hall–Kier alpha value is -4.57. The van der Waals surface area contributed by atoms with Gasteiger partial charge in [-0.25, -0.2) is 14.6 Å². The molecule has 4 aromatic rings. The molecule has 1 atom stereocenters. The number of hydrogen-bond acceptors (Lipinski definition) is 8. The molecular formula is C27H18ClN3O7. The van der Waals surface area contributed by atoms with E-state index in [-0.39, 0.29) is 42.0 Å². The lowest BCUT2D eigenvalue weighted by atomic mass is 9.85. The average Bonchev–Trinajstić information content (AvgIpc) is 3.27. The fourth-order valence-electron chi connectivity index (χ4n) is 5.11. The molecule has 4 heterocycles. The maximum Gasteiger partial charge on any atom is 0.355 e. The van der Waals surface area contributed by atoms with Crippen LogP contribution in [0.4, 0.5) is 5.69 Å². The Bertz CT molecular complexity index is 1760. The normalized spacial score (nSPS) is 17.4. The Labute approximate surface area is 219 Å². The van der Waals surface area contributed by atoms with Gasteiger partial charge in [-0.1, -0.05) is 24.6 Å². The zero-order chi connectivity index (χ0) is 26.8. The smallest absolute Gasteiger partial charge is 0.355 e. The largest absolute Gasteiger partial charge is 0.457 e. The van der Waals surface area contributed by atoms with Crippen LogP contribution in [0.25, 0.3) is 22.3 Å². The van der Waals surface area contributed by atoms with E-state index in [4.69, 9.17) is 21.1 Å². The average molecular weight is 532 g/mol. The predicted molar refractivity (Wildman–Crippen MR) is 136 cm³/mol. The number of ether oxygens (including phenoxy) is 2. The maximum absolute atomic E-state index is 13.6. The van der Waals surface area contributed by atoms with E-state index in [1.807, 2.05) is 0 Å². The summed E-state index contributed by atoms with van der Waals surface area (Å²) in [6.07, 6.45) is 0.0191. The van der Waals surface area contributed by atoms with Crippen LogP contribution in [0.15, 0.2) is 59.4 Å². The molecule has 190 valence electrons. The Morgan fingerprint density at radius 3 is 2.68 bits per heavy atom. The second kappa shape index (κ2) is 8.49. The van der Waals surface area contributed by atoms with Crippen LogP contribution in [0, 0.1) is 10.1 Å². The van der Waals surface area contributed by atoms with E-state index in [9.17, 15) is 24.5 Å². The fourth-order valence-corrected chi connectivity index (χ4v) is 5.23. The monoisotopic (exact) mass is 531 g/mol. The van der Waals surface area contributed by atoms with Gasteiger partial charge in [0.15, 0.2) is 0 Å². The number of fused-ring (bicyclic) bond motifs is 5. The predicted octanol–water partition coefficient (Wildman–Crippen LogP) is 4.51. The summed E-state index contributed by atoms with van der Waals surface area (Å²) in [5, 5.41) is 12.3. The highest BCUT2D eigenvalue weighted by Gasteiger charge is 2.50. The number of esters is 2. The quantitative estimate of drug-likeness (QED) is 0.188. The molecule has 2 aliphatic rings. The van der Waals surface area contributed by atoms with E-state index in [1.165, 1.54) is 34.9 Å². The van der Waals surface area contributed by atoms with Gasteiger partial charge >= 0.3 is 11.9 Å². The SMILES string of the molecule is CC[C@@]1(OC(=O)c2ccc(Cl)cc2)C(=O)OCc2c1cc1n(c2=O)Cc2cc3c([N+](=O)[O-])cccc3nc2-1. The first-order valence-corrected chi connectivity index (χ1v) is 12.1. The van der Waals surface area contributed by atoms with Gasteiger partial charge in [-0.3, -0.25) is 14.9 Å². The zero-order valence-electron chi connectivity index (χ0n) is 19.9. The Morgan fingerprint density at radius 2 is 1.97 bits per heavy atom. The fraction of sp³-hybridized carbons (Fsp3) is 0.185. The number of pyridine rings is 2. The third kappa shape index (κ3) is 3.41. The Morgan fingerprint density at radius 1 is 1.21 bits per heavy atom. The summed E-state index contributed by atoms with van der Waals surface area (Å²) in [5.74, 6) is -1.55. The van der Waals surface area contributed by atoms with Crippen LogP contribution in [0.1, 0.15) is 40.4 Å². The van der Waals surface area contributed by atoms with Gasteiger partial charge in [0.2, 0.25) is 5.60 Å². The van der Waals surface area contributed by atoms with Gasteiger partial charge in [-0.05, 0) is 48.9 Å². The second-order valence-electron chi connectivity index (χ2n) is 9.06. The third-order valence-corrected chi connectivity index (χ3v) is 7.29. The number of carbonyl (C=O) groups excluding carboxylic acids is 2. The summed E-state index contributed by atoms with van der Waals surface area (Å²) in [6.45, 7) is 1.53. The number of rotatable bonds is 4. The van der Waals surface area contributed by atoms with Gasteiger partial charge in [0.25, 0.3) is 11.2 Å².